The first-order chi connectivity index (χ1) is 8.93. The molecule has 1 rings (SSSR count). The lowest BCUT2D eigenvalue weighted by atomic mass is 10.1. The Balaban J connectivity index is 2.71. The molecule has 0 radical (unpaired) electrons. The lowest BCUT2D eigenvalue weighted by molar-refractivity contribution is 0.413. The van der Waals surface area contributed by atoms with E-state index in [0.29, 0.717) is 12.0 Å². The van der Waals surface area contributed by atoms with Crippen LogP contribution in [0.4, 0.5) is 0 Å². The molecule has 0 fully saturated rings. The summed E-state index contributed by atoms with van der Waals surface area (Å²) in [6, 6.07) is 0.576. The topological polar surface area (TPSA) is 28.2 Å². The predicted molar refractivity (Wildman–Crippen MR) is 85.1 cm³/mol. The molecule has 4 heteroatoms. The highest BCUT2D eigenvalue weighted by Gasteiger charge is 2.14. The molecule has 0 bridgehead atoms. The second-order valence-corrected chi connectivity index (χ2v) is 6.98. The first kappa shape index (κ1) is 16.6. The third-order valence-corrected chi connectivity index (χ3v) is 4.45. The van der Waals surface area contributed by atoms with Gasteiger partial charge in [-0.25, -0.2) is 4.98 Å². The molecule has 110 valence electrons. The van der Waals surface area contributed by atoms with Gasteiger partial charge in [-0.2, -0.15) is 0 Å². The summed E-state index contributed by atoms with van der Waals surface area (Å²) in [5.74, 6) is 0.512. The minimum atomic E-state index is 0.512. The number of aromatic nitrogens is 1. The second kappa shape index (κ2) is 7.98. The largest absolute Gasteiger partial charge is 0.309 e. The van der Waals surface area contributed by atoms with Crippen LogP contribution in [-0.4, -0.2) is 36.6 Å². The molecule has 0 aliphatic carbocycles. The van der Waals surface area contributed by atoms with E-state index < -0.39 is 0 Å². The minimum Gasteiger partial charge on any atom is -0.309 e. The van der Waals surface area contributed by atoms with Gasteiger partial charge in [-0.3, -0.25) is 0 Å². The van der Waals surface area contributed by atoms with Gasteiger partial charge in [-0.15, -0.1) is 11.3 Å². The van der Waals surface area contributed by atoms with E-state index in [2.05, 4.69) is 52.0 Å². The highest BCUT2D eigenvalue weighted by Crippen LogP contribution is 2.25. The van der Waals surface area contributed by atoms with Crippen molar-refractivity contribution in [1.29, 1.82) is 0 Å². The van der Waals surface area contributed by atoms with E-state index in [1.165, 1.54) is 22.0 Å². The highest BCUT2D eigenvalue weighted by molar-refractivity contribution is 7.11. The van der Waals surface area contributed by atoms with E-state index in [4.69, 9.17) is 4.98 Å². The van der Waals surface area contributed by atoms with Crippen LogP contribution in [-0.2, 0) is 13.0 Å². The SMILES string of the molecule is CCC(C)NCc1sc(CCN(C)C)nc1C(C)C. The molecule has 0 saturated carbocycles. The Morgan fingerprint density at radius 3 is 2.47 bits per heavy atom. The van der Waals surface area contributed by atoms with Crippen LogP contribution >= 0.6 is 11.3 Å². The second-order valence-electron chi connectivity index (χ2n) is 5.81. The zero-order valence-electron chi connectivity index (χ0n) is 13.3. The molecule has 1 heterocycles. The Hall–Kier alpha value is -0.450. The van der Waals surface area contributed by atoms with Crippen molar-refractivity contribution in [3.05, 3.63) is 15.6 Å². The average molecular weight is 283 g/mol. The Morgan fingerprint density at radius 1 is 1.26 bits per heavy atom. The standard InChI is InChI=1S/C15H29N3S/c1-7-12(4)16-10-13-15(11(2)3)17-14(19-13)8-9-18(5)6/h11-12,16H,7-10H2,1-6H3. The van der Waals surface area contributed by atoms with E-state index in [9.17, 15) is 0 Å². The Kier molecular flexibility index (Phi) is 6.97. The molecule has 1 aromatic heterocycles. The van der Waals surface area contributed by atoms with Crippen molar-refractivity contribution in [3.63, 3.8) is 0 Å². The minimum absolute atomic E-state index is 0.512. The van der Waals surface area contributed by atoms with Gasteiger partial charge in [0.05, 0.1) is 10.7 Å². The molecule has 0 aromatic carbocycles. The monoisotopic (exact) mass is 283 g/mol. The van der Waals surface area contributed by atoms with Crippen LogP contribution in [0.5, 0.6) is 0 Å². The Bertz CT molecular complexity index is 371. The number of thiazole rings is 1. The lowest BCUT2D eigenvalue weighted by Crippen LogP contribution is -2.24. The number of nitrogens with one attached hydrogen (secondary N) is 1. The number of likely N-dealkylation sites (N-methyl/N-ethyl adjacent to an activating group) is 1. The summed E-state index contributed by atoms with van der Waals surface area (Å²) in [5, 5.41) is 4.86. The maximum atomic E-state index is 4.84. The molecule has 0 amide bonds. The Labute approximate surface area is 122 Å². The highest BCUT2D eigenvalue weighted by atomic mass is 32.1. The summed E-state index contributed by atoms with van der Waals surface area (Å²) in [4.78, 5) is 8.47. The molecular weight excluding hydrogens is 254 g/mol. The van der Waals surface area contributed by atoms with E-state index in [0.717, 1.165) is 19.5 Å². The molecule has 1 N–H and O–H groups in total. The van der Waals surface area contributed by atoms with E-state index in [1.807, 2.05) is 11.3 Å². The van der Waals surface area contributed by atoms with Crippen LogP contribution in [0, 0.1) is 0 Å². The van der Waals surface area contributed by atoms with Crippen LogP contribution in [0.3, 0.4) is 0 Å². The molecule has 1 atom stereocenters. The van der Waals surface area contributed by atoms with E-state index >= 15 is 0 Å². The molecule has 1 aromatic rings. The quantitative estimate of drug-likeness (QED) is 0.794. The van der Waals surface area contributed by atoms with Crippen molar-refractivity contribution in [1.82, 2.24) is 15.2 Å². The summed E-state index contributed by atoms with van der Waals surface area (Å²) in [6.45, 7) is 11.0. The first-order valence-electron chi connectivity index (χ1n) is 7.30. The molecular formula is C15H29N3S. The molecule has 1 unspecified atom stereocenters. The van der Waals surface area contributed by atoms with Crippen molar-refractivity contribution in [3.8, 4) is 0 Å². The van der Waals surface area contributed by atoms with Crippen molar-refractivity contribution in [2.75, 3.05) is 20.6 Å². The third-order valence-electron chi connectivity index (χ3n) is 3.32. The molecule has 0 saturated heterocycles. The number of nitrogens with zero attached hydrogens (tertiary/aromatic N) is 2. The zero-order chi connectivity index (χ0) is 14.4. The molecule has 3 nitrogen and oxygen atoms in total. The van der Waals surface area contributed by atoms with Gasteiger partial charge in [0.25, 0.3) is 0 Å². The van der Waals surface area contributed by atoms with E-state index in [-0.39, 0.29) is 0 Å². The summed E-state index contributed by atoms with van der Waals surface area (Å²) in [5.41, 5.74) is 1.29. The van der Waals surface area contributed by atoms with Gasteiger partial charge >= 0.3 is 0 Å². The molecule has 19 heavy (non-hydrogen) atoms. The fourth-order valence-corrected chi connectivity index (χ4v) is 2.99. The maximum absolute atomic E-state index is 4.84. The van der Waals surface area contributed by atoms with Crippen LogP contribution in [0.2, 0.25) is 0 Å². The predicted octanol–water partition coefficient (Wildman–Crippen LogP) is 3.26. The fourth-order valence-electron chi connectivity index (χ4n) is 1.83. The molecule has 0 aliphatic rings. The van der Waals surface area contributed by atoms with Gasteiger partial charge in [0.1, 0.15) is 0 Å². The number of hydrogen-bond acceptors (Lipinski definition) is 4. The molecule has 0 spiro atoms. The lowest BCUT2D eigenvalue weighted by Gasteiger charge is -2.11. The van der Waals surface area contributed by atoms with Gasteiger partial charge < -0.3 is 10.2 Å². The zero-order valence-corrected chi connectivity index (χ0v) is 14.1. The van der Waals surface area contributed by atoms with Crippen LogP contribution in [0.15, 0.2) is 0 Å². The summed E-state index contributed by atoms with van der Waals surface area (Å²) in [7, 11) is 4.23. The van der Waals surface area contributed by atoms with Gasteiger partial charge in [0, 0.05) is 30.4 Å². The average Bonchev–Trinajstić information content (AvgIpc) is 2.77. The summed E-state index contributed by atoms with van der Waals surface area (Å²) in [6.07, 6.45) is 2.23. The maximum Gasteiger partial charge on any atom is 0.0944 e. The van der Waals surface area contributed by atoms with Crippen LogP contribution < -0.4 is 5.32 Å². The summed E-state index contributed by atoms with van der Waals surface area (Å²) < 4.78 is 0. The molecule has 0 aliphatic heterocycles. The first-order valence-corrected chi connectivity index (χ1v) is 8.12. The van der Waals surface area contributed by atoms with E-state index in [1.54, 1.807) is 0 Å². The Morgan fingerprint density at radius 2 is 1.95 bits per heavy atom. The van der Waals surface area contributed by atoms with Gasteiger partial charge in [0.15, 0.2) is 0 Å². The van der Waals surface area contributed by atoms with Crippen LogP contribution in [0.1, 0.15) is 55.6 Å². The number of rotatable bonds is 8. The van der Waals surface area contributed by atoms with Gasteiger partial charge in [-0.1, -0.05) is 20.8 Å². The van der Waals surface area contributed by atoms with Crippen molar-refractivity contribution in [2.45, 2.75) is 59.0 Å². The van der Waals surface area contributed by atoms with Gasteiger partial charge in [0.2, 0.25) is 0 Å². The number of hydrogen-bond donors (Lipinski definition) is 1. The van der Waals surface area contributed by atoms with Crippen molar-refractivity contribution >= 4 is 11.3 Å². The fraction of sp³-hybridized carbons (Fsp3) is 0.800. The smallest absolute Gasteiger partial charge is 0.0944 e. The van der Waals surface area contributed by atoms with Gasteiger partial charge in [-0.05, 0) is 33.4 Å². The van der Waals surface area contributed by atoms with Crippen molar-refractivity contribution in [2.24, 2.45) is 0 Å². The van der Waals surface area contributed by atoms with Crippen LogP contribution in [0.25, 0.3) is 0 Å². The summed E-state index contributed by atoms with van der Waals surface area (Å²) >= 11 is 1.88. The third kappa shape index (κ3) is 5.59. The normalized spacial score (nSPS) is 13.5. The van der Waals surface area contributed by atoms with Crippen molar-refractivity contribution < 1.29 is 0 Å².